The molecule has 3 amide bonds. The first-order chi connectivity index (χ1) is 18.5. The van der Waals surface area contributed by atoms with E-state index in [0.717, 1.165) is 12.0 Å². The lowest BCUT2D eigenvalue weighted by Crippen LogP contribution is -2.38. The van der Waals surface area contributed by atoms with Crippen molar-refractivity contribution in [3.05, 3.63) is 64.7 Å². The smallest absolute Gasteiger partial charge is 0.413 e. The molecular formula is C30H38N4O5. The highest BCUT2D eigenvalue weighted by Gasteiger charge is 2.25. The first-order valence-corrected chi connectivity index (χ1v) is 13.2. The summed E-state index contributed by atoms with van der Waals surface area (Å²) in [6, 6.07) is 12.6. The highest BCUT2D eigenvalue weighted by Crippen LogP contribution is 2.29. The van der Waals surface area contributed by atoms with Crippen LogP contribution >= 0.6 is 0 Å². The van der Waals surface area contributed by atoms with Gasteiger partial charge in [0.2, 0.25) is 5.91 Å². The molecule has 39 heavy (non-hydrogen) atoms. The van der Waals surface area contributed by atoms with Gasteiger partial charge in [-0.3, -0.25) is 14.9 Å². The van der Waals surface area contributed by atoms with Crippen LogP contribution in [0.4, 0.5) is 16.2 Å². The molecule has 0 aromatic heterocycles. The highest BCUT2D eigenvalue weighted by molar-refractivity contribution is 6.10. The number of alkyl carbamates (subject to hydrolysis) is 1. The second-order valence-electron chi connectivity index (χ2n) is 10.5. The molecule has 0 saturated carbocycles. The Balaban J connectivity index is 1.97. The topological polar surface area (TPSA) is 120 Å². The number of ether oxygens (including phenoxy) is 1. The second-order valence-corrected chi connectivity index (χ2v) is 10.5. The number of aliphatic hydroxyl groups excluding tert-OH is 1. The zero-order chi connectivity index (χ0) is 28.6. The number of fused-ring (bicyclic) bond motifs is 1. The second kappa shape index (κ2) is 13.2. The predicted octanol–water partition coefficient (Wildman–Crippen LogP) is 5.21. The Kier molecular flexibility index (Phi) is 10.0. The van der Waals surface area contributed by atoms with E-state index in [-0.39, 0.29) is 30.7 Å². The molecule has 9 heteroatoms. The highest BCUT2D eigenvalue weighted by atomic mass is 16.6. The average molecular weight is 535 g/mol. The third-order valence-electron chi connectivity index (χ3n) is 5.80. The minimum atomic E-state index is -0.717. The number of aliphatic imine (C=N–C) groups is 1. The molecule has 0 aliphatic carbocycles. The summed E-state index contributed by atoms with van der Waals surface area (Å²) in [6.45, 7) is 10.1. The maximum Gasteiger partial charge on any atom is 0.413 e. The molecule has 0 saturated heterocycles. The molecular weight excluding hydrogens is 496 g/mol. The maximum absolute atomic E-state index is 13.5. The van der Waals surface area contributed by atoms with E-state index in [1.54, 1.807) is 49.9 Å². The summed E-state index contributed by atoms with van der Waals surface area (Å²) in [5, 5.41) is 14.9. The molecule has 0 radical (unpaired) electrons. The molecule has 0 spiro atoms. The number of carbonyl (C=O) groups is 3. The van der Waals surface area contributed by atoms with Crippen LogP contribution in [0.25, 0.3) is 6.08 Å². The van der Waals surface area contributed by atoms with Crippen molar-refractivity contribution >= 4 is 41.2 Å². The largest absolute Gasteiger partial charge is 0.444 e. The Morgan fingerprint density at radius 1 is 1.08 bits per heavy atom. The van der Waals surface area contributed by atoms with Crippen LogP contribution in [0.2, 0.25) is 0 Å². The summed E-state index contributed by atoms with van der Waals surface area (Å²) in [6.07, 6.45) is 2.35. The van der Waals surface area contributed by atoms with Crippen molar-refractivity contribution in [2.75, 3.05) is 25.0 Å². The number of rotatable bonds is 8. The summed E-state index contributed by atoms with van der Waals surface area (Å²) in [4.78, 5) is 45.5. The monoisotopic (exact) mass is 534 g/mol. The molecule has 3 N–H and O–H groups in total. The van der Waals surface area contributed by atoms with Gasteiger partial charge >= 0.3 is 6.09 Å². The number of amidine groups is 1. The van der Waals surface area contributed by atoms with Crippen LogP contribution in [-0.2, 0) is 9.53 Å². The van der Waals surface area contributed by atoms with E-state index >= 15 is 0 Å². The average Bonchev–Trinajstić information content (AvgIpc) is 3.03. The Labute approximate surface area is 230 Å². The van der Waals surface area contributed by atoms with E-state index in [2.05, 4.69) is 15.6 Å². The van der Waals surface area contributed by atoms with Gasteiger partial charge in [0.05, 0.1) is 5.69 Å². The van der Waals surface area contributed by atoms with Crippen LogP contribution in [0.1, 0.15) is 68.4 Å². The van der Waals surface area contributed by atoms with Gasteiger partial charge in [0, 0.05) is 48.5 Å². The molecule has 0 unspecified atom stereocenters. The fourth-order valence-corrected chi connectivity index (χ4v) is 4.11. The minimum Gasteiger partial charge on any atom is -0.444 e. The predicted molar refractivity (Wildman–Crippen MR) is 153 cm³/mol. The van der Waals surface area contributed by atoms with Gasteiger partial charge in [0.15, 0.2) is 0 Å². The first-order valence-electron chi connectivity index (χ1n) is 13.2. The maximum atomic E-state index is 13.5. The number of benzene rings is 2. The van der Waals surface area contributed by atoms with Gasteiger partial charge in [-0.05, 0) is 76.4 Å². The van der Waals surface area contributed by atoms with E-state index in [4.69, 9.17) is 4.74 Å². The van der Waals surface area contributed by atoms with Crippen molar-refractivity contribution in [3.8, 4) is 0 Å². The van der Waals surface area contributed by atoms with Crippen molar-refractivity contribution in [2.24, 2.45) is 4.99 Å². The molecule has 3 rings (SSSR count). The number of amides is 3. The summed E-state index contributed by atoms with van der Waals surface area (Å²) in [5.74, 6) is -0.265. The zero-order valence-electron chi connectivity index (χ0n) is 23.3. The standard InChI is InChI=1S/C30H38N4O5/c1-6-13-34(14-8-15-35)28(37)23-17-21-11-12-22(27(36)31-24-10-7-9-20(2)16-24)18-25(21)32-26(19-23)33-29(38)39-30(3,4)5/h7,9-12,16-18,35H,6,8,13-15,19H2,1-5H3,(H,31,36)(H,32,33,38). The summed E-state index contributed by atoms with van der Waals surface area (Å²) in [7, 11) is 0. The van der Waals surface area contributed by atoms with Gasteiger partial charge in [-0.2, -0.15) is 0 Å². The van der Waals surface area contributed by atoms with E-state index < -0.39 is 11.7 Å². The number of nitrogens with zero attached hydrogens (tertiary/aromatic N) is 2. The third-order valence-corrected chi connectivity index (χ3v) is 5.80. The van der Waals surface area contributed by atoms with E-state index in [0.29, 0.717) is 47.6 Å². The van der Waals surface area contributed by atoms with Crippen molar-refractivity contribution in [2.45, 2.75) is 59.5 Å². The van der Waals surface area contributed by atoms with E-state index in [1.807, 2.05) is 38.1 Å². The van der Waals surface area contributed by atoms with E-state index in [1.165, 1.54) is 0 Å². The quantitative estimate of drug-likeness (QED) is 0.429. The number of hydrogen-bond acceptors (Lipinski definition) is 6. The lowest BCUT2D eigenvalue weighted by atomic mass is 10.0. The van der Waals surface area contributed by atoms with Crippen LogP contribution < -0.4 is 10.6 Å². The van der Waals surface area contributed by atoms with Gasteiger partial charge in [-0.1, -0.05) is 25.1 Å². The molecule has 2 aromatic rings. The van der Waals surface area contributed by atoms with Gasteiger partial charge in [-0.25, -0.2) is 9.79 Å². The van der Waals surface area contributed by atoms with Crippen molar-refractivity contribution in [1.82, 2.24) is 10.2 Å². The number of hydrogen-bond donors (Lipinski definition) is 3. The lowest BCUT2D eigenvalue weighted by molar-refractivity contribution is -0.127. The summed E-state index contributed by atoms with van der Waals surface area (Å²) < 4.78 is 5.40. The minimum absolute atomic E-state index is 0.0182. The normalized spacial score (nSPS) is 12.9. The Bertz CT molecular complexity index is 1280. The summed E-state index contributed by atoms with van der Waals surface area (Å²) >= 11 is 0. The number of aliphatic hydroxyl groups is 1. The molecule has 1 aliphatic heterocycles. The van der Waals surface area contributed by atoms with Crippen molar-refractivity contribution in [3.63, 3.8) is 0 Å². The number of carbonyl (C=O) groups excluding carboxylic acids is 3. The fraction of sp³-hybridized carbons (Fsp3) is 0.400. The summed E-state index contributed by atoms with van der Waals surface area (Å²) in [5.41, 5.74) is 2.89. The Hall–Kier alpha value is -3.98. The van der Waals surface area contributed by atoms with Gasteiger partial charge in [0.1, 0.15) is 11.4 Å². The molecule has 0 fully saturated rings. The molecule has 9 nitrogen and oxygen atoms in total. The molecule has 1 heterocycles. The van der Waals surface area contributed by atoms with Crippen LogP contribution in [0.3, 0.4) is 0 Å². The third kappa shape index (κ3) is 8.78. The zero-order valence-corrected chi connectivity index (χ0v) is 23.3. The van der Waals surface area contributed by atoms with Crippen molar-refractivity contribution < 1.29 is 24.2 Å². The molecule has 0 bridgehead atoms. The Morgan fingerprint density at radius 2 is 1.85 bits per heavy atom. The Morgan fingerprint density at radius 3 is 2.51 bits per heavy atom. The van der Waals surface area contributed by atoms with Crippen LogP contribution in [0.15, 0.2) is 53.0 Å². The number of aryl methyl sites for hydroxylation is 1. The number of anilines is 1. The van der Waals surface area contributed by atoms with Crippen LogP contribution in [0.5, 0.6) is 0 Å². The molecule has 1 aliphatic rings. The van der Waals surface area contributed by atoms with Gasteiger partial charge in [0.25, 0.3) is 5.91 Å². The molecule has 0 atom stereocenters. The van der Waals surface area contributed by atoms with Crippen molar-refractivity contribution in [1.29, 1.82) is 0 Å². The lowest BCUT2D eigenvalue weighted by Gasteiger charge is -2.24. The molecule has 2 aromatic carbocycles. The van der Waals surface area contributed by atoms with Crippen LogP contribution in [0, 0.1) is 6.92 Å². The SMILES string of the molecule is CCCN(CCCO)C(=O)C1=Cc2ccc(C(=O)Nc3cccc(C)c3)cc2N=C(NC(=O)OC(C)(C)C)C1. The number of nitrogens with one attached hydrogen (secondary N) is 2. The van der Waals surface area contributed by atoms with Gasteiger partial charge in [-0.15, -0.1) is 0 Å². The van der Waals surface area contributed by atoms with Gasteiger partial charge < -0.3 is 20.1 Å². The van der Waals surface area contributed by atoms with Crippen LogP contribution in [-0.4, -0.2) is 59.0 Å². The van der Waals surface area contributed by atoms with E-state index in [9.17, 15) is 19.5 Å². The fourth-order valence-electron chi connectivity index (χ4n) is 4.11. The first kappa shape index (κ1) is 29.6. The molecule has 208 valence electrons.